The molecule has 4 aromatic rings. The lowest BCUT2D eigenvalue weighted by molar-refractivity contribution is 0.550. The second-order valence-corrected chi connectivity index (χ2v) is 7.53. The molecule has 0 spiro atoms. The lowest BCUT2D eigenvalue weighted by Gasteiger charge is -2.14. The number of hydrogen-bond acceptors (Lipinski definition) is 4. The zero-order valence-corrected chi connectivity index (χ0v) is 17.1. The number of aromatic nitrogens is 2. The molecule has 0 aliphatic heterocycles. The van der Waals surface area contributed by atoms with Gasteiger partial charge in [-0.15, -0.1) is 0 Å². The Kier molecular flexibility index (Phi) is 4.74. The van der Waals surface area contributed by atoms with Crippen LogP contribution >= 0.6 is 15.9 Å². The molecule has 142 valence electrons. The number of oxazole rings is 2. The highest BCUT2D eigenvalue weighted by Crippen LogP contribution is 2.41. The van der Waals surface area contributed by atoms with E-state index in [0.29, 0.717) is 11.8 Å². The summed E-state index contributed by atoms with van der Waals surface area (Å²) in [7, 11) is 0. The van der Waals surface area contributed by atoms with Gasteiger partial charge in [-0.05, 0) is 28.8 Å². The highest BCUT2D eigenvalue weighted by Gasteiger charge is 2.23. The molecule has 1 aliphatic carbocycles. The molecule has 2 heterocycles. The van der Waals surface area contributed by atoms with Crippen LogP contribution < -0.4 is 0 Å². The SMILES string of the molecule is BrC1=C(c2ncc(-c3ccccc3)o2)CCC=C1c1ncc(-c2ccccc2)o1. The van der Waals surface area contributed by atoms with Crippen LogP contribution in [0.1, 0.15) is 24.6 Å². The van der Waals surface area contributed by atoms with Crippen molar-refractivity contribution >= 4 is 27.1 Å². The molecule has 0 unspecified atom stereocenters. The van der Waals surface area contributed by atoms with Gasteiger partial charge >= 0.3 is 0 Å². The molecule has 5 rings (SSSR count). The number of hydrogen-bond donors (Lipinski definition) is 0. The van der Waals surface area contributed by atoms with Gasteiger partial charge in [0.25, 0.3) is 0 Å². The third-order valence-electron chi connectivity index (χ3n) is 4.86. The van der Waals surface area contributed by atoms with Crippen molar-refractivity contribution in [3.63, 3.8) is 0 Å². The largest absolute Gasteiger partial charge is 0.436 e. The number of halogens is 1. The van der Waals surface area contributed by atoms with Crippen molar-refractivity contribution in [2.24, 2.45) is 0 Å². The van der Waals surface area contributed by atoms with Crippen LogP contribution in [0.2, 0.25) is 0 Å². The molecule has 2 aromatic heterocycles. The van der Waals surface area contributed by atoms with E-state index in [4.69, 9.17) is 8.83 Å². The molecule has 4 nitrogen and oxygen atoms in total. The molecule has 0 saturated carbocycles. The first-order valence-corrected chi connectivity index (χ1v) is 10.2. The fraction of sp³-hybridized carbons (Fsp3) is 0.0833. The van der Waals surface area contributed by atoms with Gasteiger partial charge in [-0.1, -0.05) is 66.7 Å². The average molecular weight is 445 g/mol. The smallest absolute Gasteiger partial charge is 0.227 e. The van der Waals surface area contributed by atoms with E-state index >= 15 is 0 Å². The maximum atomic E-state index is 6.06. The highest BCUT2D eigenvalue weighted by atomic mass is 79.9. The maximum Gasteiger partial charge on any atom is 0.227 e. The van der Waals surface area contributed by atoms with Gasteiger partial charge < -0.3 is 8.83 Å². The first kappa shape index (κ1) is 17.9. The van der Waals surface area contributed by atoms with Crippen molar-refractivity contribution in [1.29, 1.82) is 0 Å². The highest BCUT2D eigenvalue weighted by molar-refractivity contribution is 9.12. The summed E-state index contributed by atoms with van der Waals surface area (Å²) < 4.78 is 13.0. The Morgan fingerprint density at radius 3 is 1.90 bits per heavy atom. The van der Waals surface area contributed by atoms with E-state index in [9.17, 15) is 0 Å². The summed E-state index contributed by atoms with van der Waals surface area (Å²) in [5, 5.41) is 0. The summed E-state index contributed by atoms with van der Waals surface area (Å²) in [5.41, 5.74) is 3.95. The molecular formula is C24H17BrN2O2. The van der Waals surface area contributed by atoms with E-state index < -0.39 is 0 Å². The summed E-state index contributed by atoms with van der Waals surface area (Å²) in [5.74, 6) is 2.71. The summed E-state index contributed by atoms with van der Waals surface area (Å²) >= 11 is 3.74. The first-order chi connectivity index (χ1) is 14.3. The first-order valence-electron chi connectivity index (χ1n) is 9.42. The van der Waals surface area contributed by atoms with Crippen LogP contribution in [-0.4, -0.2) is 9.97 Å². The monoisotopic (exact) mass is 444 g/mol. The molecular weight excluding hydrogens is 428 g/mol. The van der Waals surface area contributed by atoms with E-state index in [0.717, 1.165) is 51.1 Å². The zero-order valence-electron chi connectivity index (χ0n) is 15.5. The molecule has 0 radical (unpaired) electrons. The minimum absolute atomic E-state index is 0.586. The van der Waals surface area contributed by atoms with Gasteiger partial charge in [0.15, 0.2) is 11.5 Å². The van der Waals surface area contributed by atoms with Crippen molar-refractivity contribution in [2.45, 2.75) is 12.8 Å². The van der Waals surface area contributed by atoms with Gasteiger partial charge in [-0.3, -0.25) is 0 Å². The second kappa shape index (κ2) is 7.68. The maximum absolute atomic E-state index is 6.06. The van der Waals surface area contributed by atoms with E-state index in [1.165, 1.54) is 0 Å². The molecule has 0 N–H and O–H groups in total. The van der Waals surface area contributed by atoms with Crippen LogP contribution in [-0.2, 0) is 0 Å². The third kappa shape index (κ3) is 3.49. The standard InChI is InChI=1S/C24H17BrN2O2/c25-22-18(23-26-14-20(28-23)16-8-3-1-4-9-16)12-7-13-19(22)24-27-15-21(29-24)17-10-5-2-6-11-17/h1-6,8-12,14-15H,7,13H2. The summed E-state index contributed by atoms with van der Waals surface area (Å²) in [6.07, 6.45) is 7.37. The number of allylic oxidation sites excluding steroid dienone is 4. The molecule has 2 aromatic carbocycles. The molecule has 0 saturated heterocycles. The van der Waals surface area contributed by atoms with Gasteiger partial charge in [-0.2, -0.15) is 0 Å². The summed E-state index contributed by atoms with van der Waals surface area (Å²) in [6, 6.07) is 19.9. The van der Waals surface area contributed by atoms with Crippen LogP contribution in [0.15, 0.2) is 92.5 Å². The van der Waals surface area contributed by atoms with E-state index in [-0.39, 0.29) is 0 Å². The Bertz CT molecular complexity index is 1200. The lowest BCUT2D eigenvalue weighted by atomic mass is 9.99. The third-order valence-corrected chi connectivity index (χ3v) is 5.77. The molecule has 29 heavy (non-hydrogen) atoms. The number of nitrogens with zero attached hydrogens (tertiary/aromatic N) is 2. The van der Waals surface area contributed by atoms with E-state index in [1.807, 2.05) is 60.7 Å². The van der Waals surface area contributed by atoms with Crippen molar-refractivity contribution in [1.82, 2.24) is 9.97 Å². The predicted molar refractivity (Wildman–Crippen MR) is 117 cm³/mol. The van der Waals surface area contributed by atoms with Crippen molar-refractivity contribution in [3.05, 3.63) is 95.4 Å². The minimum atomic E-state index is 0.586. The second-order valence-electron chi connectivity index (χ2n) is 6.74. The van der Waals surface area contributed by atoms with Crippen molar-refractivity contribution < 1.29 is 8.83 Å². The Labute approximate surface area is 176 Å². The van der Waals surface area contributed by atoms with Gasteiger partial charge in [-0.25, -0.2) is 9.97 Å². The predicted octanol–water partition coefficient (Wildman–Crippen LogP) is 6.98. The quantitative estimate of drug-likeness (QED) is 0.340. The molecule has 1 aliphatic rings. The van der Waals surface area contributed by atoms with Crippen LogP contribution in [0.4, 0.5) is 0 Å². The van der Waals surface area contributed by atoms with E-state index in [2.05, 4.69) is 32.0 Å². The van der Waals surface area contributed by atoms with Gasteiger partial charge in [0.2, 0.25) is 11.8 Å². The molecule has 0 amide bonds. The lowest BCUT2D eigenvalue weighted by Crippen LogP contribution is -1.97. The van der Waals surface area contributed by atoms with E-state index in [1.54, 1.807) is 12.4 Å². The average Bonchev–Trinajstić information content (AvgIpc) is 3.46. The fourth-order valence-corrected chi connectivity index (χ4v) is 4.09. The van der Waals surface area contributed by atoms with Gasteiger partial charge in [0, 0.05) is 26.8 Å². The molecule has 0 fully saturated rings. The Morgan fingerprint density at radius 2 is 1.28 bits per heavy atom. The van der Waals surface area contributed by atoms with Gasteiger partial charge in [0.05, 0.1) is 12.4 Å². The summed E-state index contributed by atoms with van der Waals surface area (Å²) in [4.78, 5) is 9.01. The van der Waals surface area contributed by atoms with Crippen LogP contribution in [0.25, 0.3) is 33.8 Å². The van der Waals surface area contributed by atoms with Crippen molar-refractivity contribution in [2.75, 3.05) is 0 Å². The van der Waals surface area contributed by atoms with Crippen molar-refractivity contribution in [3.8, 4) is 22.6 Å². The Morgan fingerprint density at radius 1 is 0.724 bits per heavy atom. The van der Waals surface area contributed by atoms with Crippen LogP contribution in [0.3, 0.4) is 0 Å². The van der Waals surface area contributed by atoms with Crippen LogP contribution in [0.5, 0.6) is 0 Å². The fourth-order valence-electron chi connectivity index (χ4n) is 3.39. The Hall–Kier alpha value is -3.18. The molecule has 0 bridgehead atoms. The Balaban J connectivity index is 1.47. The molecule has 5 heteroatoms. The van der Waals surface area contributed by atoms with Crippen LogP contribution in [0, 0.1) is 0 Å². The topological polar surface area (TPSA) is 52.1 Å². The number of rotatable bonds is 4. The van der Waals surface area contributed by atoms with Gasteiger partial charge in [0.1, 0.15) is 0 Å². The minimum Gasteiger partial charge on any atom is -0.436 e. The number of benzene rings is 2. The summed E-state index contributed by atoms with van der Waals surface area (Å²) in [6.45, 7) is 0. The zero-order chi connectivity index (χ0) is 19.6. The normalized spacial score (nSPS) is 14.2. The molecule has 0 atom stereocenters.